The van der Waals surface area contributed by atoms with Gasteiger partial charge in [0.05, 0.1) is 5.69 Å². The van der Waals surface area contributed by atoms with Crippen LogP contribution in [-0.2, 0) is 13.1 Å². The Hall–Kier alpha value is -3.15. The molecule has 27 heavy (non-hydrogen) atoms. The molecule has 0 amide bonds. The van der Waals surface area contributed by atoms with Crippen molar-refractivity contribution in [3.8, 4) is 5.82 Å². The molecule has 2 heterocycles. The molecule has 0 bridgehead atoms. The van der Waals surface area contributed by atoms with E-state index in [0.717, 1.165) is 35.3 Å². The van der Waals surface area contributed by atoms with E-state index in [2.05, 4.69) is 63.0 Å². The lowest BCUT2D eigenvalue weighted by molar-refractivity contribution is 0.789. The highest BCUT2D eigenvalue weighted by atomic mass is 15.3. The molecule has 0 aliphatic rings. The minimum absolute atomic E-state index is 0.651. The zero-order chi connectivity index (χ0) is 19.2. The minimum Gasteiger partial charge on any atom is -0.352 e. The van der Waals surface area contributed by atoms with E-state index < -0.39 is 0 Å². The number of hydrogen-bond acceptors (Lipinski definition) is 3. The van der Waals surface area contributed by atoms with E-state index in [1.165, 1.54) is 11.1 Å². The third kappa shape index (κ3) is 4.73. The number of guanidine groups is 1. The van der Waals surface area contributed by atoms with Crippen molar-refractivity contribution < 1.29 is 0 Å². The fourth-order valence-electron chi connectivity index (χ4n) is 2.90. The summed E-state index contributed by atoms with van der Waals surface area (Å²) >= 11 is 0. The summed E-state index contributed by atoms with van der Waals surface area (Å²) in [5.74, 6) is 1.59. The van der Waals surface area contributed by atoms with E-state index in [4.69, 9.17) is 0 Å². The van der Waals surface area contributed by atoms with Crippen molar-refractivity contribution in [1.29, 1.82) is 0 Å². The van der Waals surface area contributed by atoms with Gasteiger partial charge in [-0.05, 0) is 49.6 Å². The molecule has 0 unspecified atom stereocenters. The van der Waals surface area contributed by atoms with E-state index in [9.17, 15) is 0 Å². The molecule has 2 aromatic heterocycles. The highest BCUT2D eigenvalue weighted by molar-refractivity contribution is 5.79. The Labute approximate surface area is 160 Å². The molecule has 0 fully saturated rings. The Balaban J connectivity index is 1.57. The quantitative estimate of drug-likeness (QED) is 0.541. The molecule has 3 rings (SSSR count). The first kappa shape index (κ1) is 18.6. The Morgan fingerprint density at radius 2 is 1.81 bits per heavy atom. The third-order valence-corrected chi connectivity index (χ3v) is 4.43. The van der Waals surface area contributed by atoms with Crippen LogP contribution in [0, 0.1) is 20.8 Å². The normalized spacial score (nSPS) is 11.5. The average molecular weight is 362 g/mol. The topological polar surface area (TPSA) is 67.1 Å². The summed E-state index contributed by atoms with van der Waals surface area (Å²) in [6.45, 7) is 7.52. The lowest BCUT2D eigenvalue weighted by Gasteiger charge is -2.13. The number of aliphatic imine (C=N–C) groups is 1. The Bertz CT molecular complexity index is 924. The zero-order valence-electron chi connectivity index (χ0n) is 16.3. The van der Waals surface area contributed by atoms with Gasteiger partial charge in [-0.3, -0.25) is 4.99 Å². The first-order valence-corrected chi connectivity index (χ1v) is 9.04. The first-order chi connectivity index (χ1) is 13.1. The van der Waals surface area contributed by atoms with Crippen molar-refractivity contribution in [1.82, 2.24) is 25.4 Å². The summed E-state index contributed by atoms with van der Waals surface area (Å²) in [4.78, 5) is 8.82. The molecule has 6 heteroatoms. The smallest absolute Gasteiger partial charge is 0.191 e. The molecule has 0 saturated heterocycles. The van der Waals surface area contributed by atoms with Crippen molar-refractivity contribution in [3.05, 3.63) is 76.7 Å². The van der Waals surface area contributed by atoms with E-state index >= 15 is 0 Å². The summed E-state index contributed by atoms with van der Waals surface area (Å²) in [5.41, 5.74) is 5.68. The number of aryl methyl sites for hydroxylation is 3. The lowest BCUT2D eigenvalue weighted by atomic mass is 10.1. The van der Waals surface area contributed by atoms with Gasteiger partial charge in [0, 0.05) is 32.0 Å². The van der Waals surface area contributed by atoms with E-state index in [1.807, 2.05) is 36.9 Å². The molecule has 0 radical (unpaired) electrons. The largest absolute Gasteiger partial charge is 0.352 e. The summed E-state index contributed by atoms with van der Waals surface area (Å²) in [6.07, 6.45) is 1.87. The molecule has 3 aromatic rings. The van der Waals surface area contributed by atoms with Gasteiger partial charge in [0.2, 0.25) is 0 Å². The molecule has 6 nitrogen and oxygen atoms in total. The van der Waals surface area contributed by atoms with Gasteiger partial charge in [-0.2, -0.15) is 5.10 Å². The molecule has 2 N–H and O–H groups in total. The lowest BCUT2D eigenvalue weighted by Crippen LogP contribution is -2.36. The number of aromatic nitrogens is 3. The van der Waals surface area contributed by atoms with Crippen LogP contribution >= 0.6 is 0 Å². The molecule has 0 saturated carbocycles. The number of nitrogens with zero attached hydrogens (tertiary/aromatic N) is 4. The Morgan fingerprint density at radius 1 is 1.04 bits per heavy atom. The second-order valence-corrected chi connectivity index (χ2v) is 6.57. The van der Waals surface area contributed by atoms with E-state index in [0.29, 0.717) is 6.54 Å². The van der Waals surface area contributed by atoms with Crippen LogP contribution in [0.15, 0.2) is 53.7 Å². The van der Waals surface area contributed by atoms with Crippen LogP contribution in [0.1, 0.15) is 28.1 Å². The highest BCUT2D eigenvalue weighted by Crippen LogP contribution is 2.10. The standard InChI is InChI=1S/C21H26N6/c1-15-7-5-6-8-19(15)14-25-21(22-4)24-13-18-9-10-20(23-12-18)27-17(3)11-16(2)26-27/h5-12H,13-14H2,1-4H3,(H2,22,24,25). The van der Waals surface area contributed by atoms with Gasteiger partial charge >= 0.3 is 0 Å². The molecule has 0 aliphatic heterocycles. The molecule has 0 aliphatic carbocycles. The van der Waals surface area contributed by atoms with Crippen LogP contribution in [0.5, 0.6) is 0 Å². The molecule has 0 atom stereocenters. The maximum Gasteiger partial charge on any atom is 0.191 e. The molecule has 1 aromatic carbocycles. The second-order valence-electron chi connectivity index (χ2n) is 6.57. The second kappa shape index (κ2) is 8.49. The molecule has 140 valence electrons. The van der Waals surface area contributed by atoms with Crippen LogP contribution in [-0.4, -0.2) is 27.8 Å². The highest BCUT2D eigenvalue weighted by Gasteiger charge is 2.05. The molecular weight excluding hydrogens is 336 g/mol. The maximum absolute atomic E-state index is 4.53. The fourth-order valence-corrected chi connectivity index (χ4v) is 2.90. The average Bonchev–Trinajstić information content (AvgIpc) is 3.02. The van der Waals surface area contributed by atoms with Crippen LogP contribution in [0.25, 0.3) is 5.82 Å². The molecular formula is C21H26N6. The van der Waals surface area contributed by atoms with Crippen molar-refractivity contribution in [2.45, 2.75) is 33.9 Å². The fraction of sp³-hybridized carbons (Fsp3) is 0.286. The number of rotatable bonds is 5. The van der Waals surface area contributed by atoms with E-state index in [1.54, 1.807) is 7.05 Å². The number of nitrogens with one attached hydrogen (secondary N) is 2. The zero-order valence-corrected chi connectivity index (χ0v) is 16.3. The van der Waals surface area contributed by atoms with Gasteiger partial charge in [-0.25, -0.2) is 9.67 Å². The Morgan fingerprint density at radius 3 is 2.44 bits per heavy atom. The summed E-state index contributed by atoms with van der Waals surface area (Å²) in [6, 6.07) is 14.4. The van der Waals surface area contributed by atoms with Gasteiger partial charge < -0.3 is 10.6 Å². The monoisotopic (exact) mass is 362 g/mol. The van der Waals surface area contributed by atoms with Crippen LogP contribution in [0.4, 0.5) is 0 Å². The van der Waals surface area contributed by atoms with Gasteiger partial charge in [0.25, 0.3) is 0 Å². The summed E-state index contributed by atoms with van der Waals surface area (Å²) in [7, 11) is 1.78. The van der Waals surface area contributed by atoms with Crippen molar-refractivity contribution in [2.24, 2.45) is 4.99 Å². The minimum atomic E-state index is 0.651. The van der Waals surface area contributed by atoms with Gasteiger partial charge in [-0.15, -0.1) is 0 Å². The Kier molecular flexibility index (Phi) is 5.86. The predicted octanol–water partition coefficient (Wildman–Crippen LogP) is 3.06. The number of pyridine rings is 1. The van der Waals surface area contributed by atoms with Gasteiger partial charge in [0.1, 0.15) is 0 Å². The molecule has 0 spiro atoms. The SMILES string of the molecule is CN=C(NCc1ccc(-n2nc(C)cc2C)nc1)NCc1ccccc1C. The van der Waals surface area contributed by atoms with Crippen molar-refractivity contribution >= 4 is 5.96 Å². The maximum atomic E-state index is 4.53. The van der Waals surface area contributed by atoms with E-state index in [-0.39, 0.29) is 0 Å². The number of benzene rings is 1. The third-order valence-electron chi connectivity index (χ3n) is 4.43. The van der Waals surface area contributed by atoms with Crippen LogP contribution in [0.2, 0.25) is 0 Å². The summed E-state index contributed by atoms with van der Waals surface area (Å²) in [5, 5.41) is 11.1. The van der Waals surface area contributed by atoms with Gasteiger partial charge in [0.15, 0.2) is 11.8 Å². The number of hydrogen-bond donors (Lipinski definition) is 2. The predicted molar refractivity (Wildman–Crippen MR) is 109 cm³/mol. The summed E-state index contributed by atoms with van der Waals surface area (Å²) < 4.78 is 1.86. The first-order valence-electron chi connectivity index (χ1n) is 9.04. The van der Waals surface area contributed by atoms with Gasteiger partial charge in [-0.1, -0.05) is 30.3 Å². The van der Waals surface area contributed by atoms with Crippen LogP contribution < -0.4 is 10.6 Å². The van der Waals surface area contributed by atoms with Crippen molar-refractivity contribution in [2.75, 3.05) is 7.05 Å². The van der Waals surface area contributed by atoms with Crippen LogP contribution in [0.3, 0.4) is 0 Å². The van der Waals surface area contributed by atoms with Crippen molar-refractivity contribution in [3.63, 3.8) is 0 Å².